The maximum absolute atomic E-state index is 12.3. The van der Waals surface area contributed by atoms with Crippen LogP contribution in [-0.2, 0) is 4.79 Å². The maximum Gasteiger partial charge on any atom is 0.272 e. The lowest BCUT2D eigenvalue weighted by molar-refractivity contribution is -0.127. The molecule has 0 bridgehead atoms. The van der Waals surface area contributed by atoms with E-state index in [0.717, 1.165) is 6.54 Å². The van der Waals surface area contributed by atoms with Gasteiger partial charge in [0.15, 0.2) is 0 Å². The first-order valence-corrected chi connectivity index (χ1v) is 8.48. The molecule has 0 unspecified atom stereocenters. The number of piperidine rings is 1. The van der Waals surface area contributed by atoms with Crippen LogP contribution in [0.15, 0.2) is 24.4 Å². The van der Waals surface area contributed by atoms with Crippen molar-refractivity contribution in [3.63, 3.8) is 0 Å². The Hall–Kier alpha value is -1.99. The number of carbonyl (C=O) groups is 2. The Labute approximate surface area is 141 Å². The van der Waals surface area contributed by atoms with Gasteiger partial charge in [-0.25, -0.2) is 0 Å². The predicted molar refractivity (Wildman–Crippen MR) is 88.3 cm³/mol. The monoisotopic (exact) mass is 332 g/mol. The highest BCUT2D eigenvalue weighted by molar-refractivity contribution is 5.92. The molecule has 0 aromatic carbocycles. The standard InChI is InChI=1S/C17H24N4O3/c22-15(20-12-17(24)6-8-18-11-17)13-4-9-21(10-5-13)16(23)14-3-1-2-7-19-14/h1-3,7,13,18,24H,4-6,8-12H2,(H,20,22)/t17-/m0/s1. The van der Waals surface area contributed by atoms with Crippen molar-refractivity contribution in [2.75, 3.05) is 32.7 Å². The number of hydrogen-bond acceptors (Lipinski definition) is 5. The van der Waals surface area contributed by atoms with E-state index in [9.17, 15) is 14.7 Å². The molecule has 1 aromatic rings. The average molecular weight is 332 g/mol. The molecule has 24 heavy (non-hydrogen) atoms. The van der Waals surface area contributed by atoms with Gasteiger partial charge < -0.3 is 20.6 Å². The summed E-state index contributed by atoms with van der Waals surface area (Å²) in [6, 6.07) is 5.28. The molecule has 3 rings (SSSR count). The van der Waals surface area contributed by atoms with Crippen LogP contribution in [0.5, 0.6) is 0 Å². The molecule has 0 radical (unpaired) electrons. The Kier molecular flexibility index (Phi) is 5.11. The number of nitrogens with one attached hydrogen (secondary N) is 2. The minimum atomic E-state index is -0.828. The minimum absolute atomic E-state index is 0.0275. The second-order valence-corrected chi connectivity index (χ2v) is 6.65. The van der Waals surface area contributed by atoms with Crippen molar-refractivity contribution in [1.82, 2.24) is 20.5 Å². The molecule has 7 heteroatoms. The summed E-state index contributed by atoms with van der Waals surface area (Å²) < 4.78 is 0. The summed E-state index contributed by atoms with van der Waals surface area (Å²) in [6.07, 6.45) is 3.54. The Bertz CT molecular complexity index is 579. The van der Waals surface area contributed by atoms with Crippen molar-refractivity contribution in [2.45, 2.75) is 24.9 Å². The Morgan fingerprint density at radius 2 is 2.17 bits per heavy atom. The topological polar surface area (TPSA) is 94.6 Å². The van der Waals surface area contributed by atoms with Crippen molar-refractivity contribution < 1.29 is 14.7 Å². The van der Waals surface area contributed by atoms with Crippen LogP contribution in [0.4, 0.5) is 0 Å². The number of aliphatic hydroxyl groups is 1. The lowest BCUT2D eigenvalue weighted by Crippen LogP contribution is -2.48. The first-order chi connectivity index (χ1) is 11.6. The number of amides is 2. The van der Waals surface area contributed by atoms with Gasteiger partial charge in [0.05, 0.1) is 5.60 Å². The fraction of sp³-hybridized carbons (Fsp3) is 0.588. The van der Waals surface area contributed by atoms with E-state index in [1.54, 1.807) is 29.3 Å². The lowest BCUT2D eigenvalue weighted by atomic mass is 9.95. The summed E-state index contributed by atoms with van der Waals surface area (Å²) in [5.41, 5.74) is -0.387. The zero-order valence-electron chi connectivity index (χ0n) is 13.7. The summed E-state index contributed by atoms with van der Waals surface area (Å²) in [5, 5.41) is 16.2. The highest BCUT2D eigenvalue weighted by Crippen LogP contribution is 2.19. The molecular weight excluding hydrogens is 308 g/mol. The van der Waals surface area contributed by atoms with Crippen LogP contribution in [0, 0.1) is 5.92 Å². The van der Waals surface area contributed by atoms with Crippen molar-refractivity contribution in [3.8, 4) is 0 Å². The molecule has 3 N–H and O–H groups in total. The van der Waals surface area contributed by atoms with E-state index in [-0.39, 0.29) is 24.3 Å². The largest absolute Gasteiger partial charge is 0.387 e. The van der Waals surface area contributed by atoms with Gasteiger partial charge in [0.25, 0.3) is 5.91 Å². The van der Waals surface area contributed by atoms with Crippen molar-refractivity contribution in [3.05, 3.63) is 30.1 Å². The smallest absolute Gasteiger partial charge is 0.272 e. The Morgan fingerprint density at radius 1 is 1.38 bits per heavy atom. The first-order valence-electron chi connectivity index (χ1n) is 8.48. The van der Waals surface area contributed by atoms with Gasteiger partial charge in [-0.1, -0.05) is 6.07 Å². The molecular formula is C17H24N4O3. The average Bonchev–Trinajstić information content (AvgIpc) is 3.07. The van der Waals surface area contributed by atoms with Gasteiger partial charge in [-0.05, 0) is 37.9 Å². The van der Waals surface area contributed by atoms with Crippen LogP contribution in [0.1, 0.15) is 29.8 Å². The molecule has 2 saturated heterocycles. The summed E-state index contributed by atoms with van der Waals surface area (Å²) >= 11 is 0. The summed E-state index contributed by atoms with van der Waals surface area (Å²) in [5.74, 6) is -0.211. The van der Waals surface area contributed by atoms with Gasteiger partial charge in [-0.3, -0.25) is 14.6 Å². The van der Waals surface area contributed by atoms with Gasteiger partial charge >= 0.3 is 0 Å². The van der Waals surface area contributed by atoms with E-state index in [2.05, 4.69) is 15.6 Å². The minimum Gasteiger partial charge on any atom is -0.387 e. The fourth-order valence-electron chi connectivity index (χ4n) is 3.27. The summed E-state index contributed by atoms with van der Waals surface area (Å²) in [7, 11) is 0. The molecule has 0 saturated carbocycles. The highest BCUT2D eigenvalue weighted by atomic mass is 16.3. The van der Waals surface area contributed by atoms with E-state index >= 15 is 0 Å². The number of hydrogen-bond donors (Lipinski definition) is 3. The molecule has 2 fully saturated rings. The van der Waals surface area contributed by atoms with Crippen molar-refractivity contribution in [1.29, 1.82) is 0 Å². The van der Waals surface area contributed by atoms with E-state index in [4.69, 9.17) is 0 Å². The third-order valence-electron chi connectivity index (χ3n) is 4.85. The zero-order chi connectivity index (χ0) is 17.0. The van der Waals surface area contributed by atoms with Crippen LogP contribution in [-0.4, -0.2) is 65.1 Å². The van der Waals surface area contributed by atoms with Crippen LogP contribution in [0.25, 0.3) is 0 Å². The second-order valence-electron chi connectivity index (χ2n) is 6.65. The predicted octanol–water partition coefficient (Wildman–Crippen LogP) is -0.226. The Balaban J connectivity index is 1.46. The van der Waals surface area contributed by atoms with Crippen LogP contribution in [0.3, 0.4) is 0 Å². The summed E-state index contributed by atoms with van der Waals surface area (Å²) in [4.78, 5) is 30.5. The van der Waals surface area contributed by atoms with Gasteiger partial charge in [0.1, 0.15) is 5.69 Å². The van der Waals surface area contributed by atoms with Crippen molar-refractivity contribution in [2.24, 2.45) is 5.92 Å². The van der Waals surface area contributed by atoms with E-state index in [0.29, 0.717) is 44.6 Å². The molecule has 1 atom stereocenters. The van der Waals surface area contributed by atoms with Gasteiger partial charge in [0, 0.05) is 38.3 Å². The van der Waals surface area contributed by atoms with E-state index < -0.39 is 5.60 Å². The molecule has 3 heterocycles. The number of likely N-dealkylation sites (tertiary alicyclic amines) is 1. The first kappa shape index (κ1) is 16.9. The molecule has 0 aliphatic carbocycles. The molecule has 2 aliphatic heterocycles. The van der Waals surface area contributed by atoms with Crippen LogP contribution >= 0.6 is 0 Å². The van der Waals surface area contributed by atoms with Crippen molar-refractivity contribution >= 4 is 11.8 Å². The third-order valence-corrected chi connectivity index (χ3v) is 4.85. The third kappa shape index (κ3) is 3.91. The normalized spacial score (nSPS) is 24.8. The van der Waals surface area contributed by atoms with E-state index in [1.807, 2.05) is 0 Å². The van der Waals surface area contributed by atoms with Crippen LogP contribution < -0.4 is 10.6 Å². The number of aromatic nitrogens is 1. The van der Waals surface area contributed by atoms with Gasteiger partial charge in [-0.15, -0.1) is 0 Å². The lowest BCUT2D eigenvalue weighted by Gasteiger charge is -2.32. The molecule has 7 nitrogen and oxygen atoms in total. The zero-order valence-corrected chi connectivity index (χ0v) is 13.7. The molecule has 2 amide bonds. The van der Waals surface area contributed by atoms with Gasteiger partial charge in [-0.2, -0.15) is 0 Å². The molecule has 0 spiro atoms. The summed E-state index contributed by atoms with van der Waals surface area (Å²) in [6.45, 7) is 2.69. The number of β-amino-alcohol motifs (C(OH)–C–C–N with tert-alkyl or cyclic N) is 1. The quantitative estimate of drug-likeness (QED) is 0.708. The number of rotatable bonds is 4. The van der Waals surface area contributed by atoms with Crippen LogP contribution in [0.2, 0.25) is 0 Å². The van der Waals surface area contributed by atoms with E-state index in [1.165, 1.54) is 0 Å². The number of nitrogens with zero attached hydrogens (tertiary/aromatic N) is 2. The second kappa shape index (κ2) is 7.27. The highest BCUT2D eigenvalue weighted by Gasteiger charge is 2.33. The van der Waals surface area contributed by atoms with Gasteiger partial charge in [0.2, 0.25) is 5.91 Å². The number of pyridine rings is 1. The molecule has 1 aromatic heterocycles. The molecule has 130 valence electrons. The number of carbonyl (C=O) groups excluding carboxylic acids is 2. The Morgan fingerprint density at radius 3 is 2.79 bits per heavy atom. The fourth-order valence-corrected chi connectivity index (χ4v) is 3.27. The maximum atomic E-state index is 12.3. The SMILES string of the molecule is O=C(NC[C@]1(O)CCNC1)C1CCN(C(=O)c2ccccn2)CC1. The molecule has 2 aliphatic rings.